The third kappa shape index (κ3) is 7.13. The van der Waals surface area contributed by atoms with Gasteiger partial charge in [-0.2, -0.15) is 0 Å². The van der Waals surface area contributed by atoms with Gasteiger partial charge in [-0.15, -0.1) is 0 Å². The summed E-state index contributed by atoms with van der Waals surface area (Å²) in [5.41, 5.74) is 17.3. The van der Waals surface area contributed by atoms with E-state index in [0.717, 1.165) is 11.4 Å². The van der Waals surface area contributed by atoms with Crippen LogP contribution in [0.1, 0.15) is 52.7 Å². The summed E-state index contributed by atoms with van der Waals surface area (Å²) in [4.78, 5) is 0. The van der Waals surface area contributed by atoms with Gasteiger partial charge in [-0.25, -0.2) is 0 Å². The molecule has 2 aromatic heterocycles. The van der Waals surface area contributed by atoms with Gasteiger partial charge in [-0.05, 0) is 79.6 Å². The van der Waals surface area contributed by atoms with E-state index in [2.05, 4.69) is 233 Å². The molecule has 0 amide bonds. The van der Waals surface area contributed by atoms with Crippen LogP contribution >= 0.6 is 0 Å². The van der Waals surface area contributed by atoms with Crippen molar-refractivity contribution in [3.8, 4) is 67.0 Å². The zero-order valence-corrected chi connectivity index (χ0v) is 32.2. The molecule has 0 radical (unpaired) electrons. The van der Waals surface area contributed by atoms with E-state index in [-0.39, 0.29) is 10.8 Å². The third-order valence-electron chi connectivity index (χ3n) is 10.6. The van der Waals surface area contributed by atoms with Crippen molar-refractivity contribution in [1.82, 2.24) is 9.13 Å². The molecule has 2 nitrogen and oxygen atoms in total. The lowest BCUT2D eigenvalue weighted by molar-refractivity contribution is 0.590. The lowest BCUT2D eigenvalue weighted by atomic mass is 9.87. The van der Waals surface area contributed by atoms with E-state index in [1.54, 1.807) is 0 Å². The van der Waals surface area contributed by atoms with Crippen LogP contribution in [0.2, 0.25) is 0 Å². The van der Waals surface area contributed by atoms with Crippen molar-refractivity contribution < 1.29 is 0 Å². The van der Waals surface area contributed by atoms with Crippen molar-refractivity contribution in [3.05, 3.63) is 194 Å². The van der Waals surface area contributed by atoms with Gasteiger partial charge in [0.15, 0.2) is 0 Å². The Morgan fingerprint density at radius 3 is 0.815 bits per heavy atom. The maximum Gasteiger partial charge on any atom is 0.0450 e. The summed E-state index contributed by atoms with van der Waals surface area (Å²) >= 11 is 0. The van der Waals surface area contributed by atoms with Crippen LogP contribution in [0, 0.1) is 0 Å². The van der Waals surface area contributed by atoms with Crippen LogP contribution in [-0.2, 0) is 10.8 Å². The minimum Gasteiger partial charge on any atom is -0.323 e. The van der Waals surface area contributed by atoms with Gasteiger partial charge >= 0.3 is 0 Å². The summed E-state index contributed by atoms with van der Waals surface area (Å²) < 4.78 is 4.52. The molecule has 8 rings (SSSR count). The predicted octanol–water partition coefficient (Wildman–Crippen LogP) is 14.2. The van der Waals surface area contributed by atoms with E-state index in [0.29, 0.717) is 0 Å². The third-order valence-corrected chi connectivity index (χ3v) is 10.6. The van der Waals surface area contributed by atoms with Crippen molar-refractivity contribution in [2.45, 2.75) is 52.4 Å². The first-order chi connectivity index (χ1) is 26.0. The highest BCUT2D eigenvalue weighted by Gasteiger charge is 2.17. The Bertz CT molecular complexity index is 2300. The molecule has 0 bridgehead atoms. The molecule has 6 aromatic carbocycles. The van der Waals surface area contributed by atoms with E-state index < -0.39 is 0 Å². The molecule has 0 N–H and O–H groups in total. The fraction of sp³-hybridized carbons (Fsp3) is 0.154. The standard InChI is InChI=1S/C52H48N2/c1-51(2,3)43-25-29-45(30-26-43)53-33-47(39-13-9-7-10-14-39)49(35-53)41-21-17-37(18-22-41)38-19-23-42(24-20-38)50-36-54(34-48(50)40-15-11-8-12-16-40)46-31-27-44(28-32-46)52(4,5)6/h7-36H,1-6H3. The molecule has 0 spiro atoms. The van der Waals surface area contributed by atoms with Crippen LogP contribution < -0.4 is 0 Å². The fourth-order valence-electron chi connectivity index (χ4n) is 7.31. The molecule has 0 saturated heterocycles. The smallest absolute Gasteiger partial charge is 0.0450 e. The van der Waals surface area contributed by atoms with Crippen molar-refractivity contribution in [2.75, 3.05) is 0 Å². The summed E-state index contributed by atoms with van der Waals surface area (Å²) in [7, 11) is 0. The molecular weight excluding hydrogens is 653 g/mol. The van der Waals surface area contributed by atoms with Gasteiger partial charge in [-0.1, -0.05) is 175 Å². The van der Waals surface area contributed by atoms with Gasteiger partial charge in [0.1, 0.15) is 0 Å². The molecule has 0 atom stereocenters. The molecular formula is C52H48N2. The zero-order valence-electron chi connectivity index (χ0n) is 32.2. The Labute approximate surface area is 321 Å². The fourth-order valence-corrected chi connectivity index (χ4v) is 7.31. The predicted molar refractivity (Wildman–Crippen MR) is 230 cm³/mol. The Kier molecular flexibility index (Phi) is 9.07. The van der Waals surface area contributed by atoms with Gasteiger partial charge in [0, 0.05) is 58.4 Å². The Morgan fingerprint density at radius 1 is 0.278 bits per heavy atom. The van der Waals surface area contributed by atoms with Gasteiger partial charge in [0.25, 0.3) is 0 Å². The lowest BCUT2D eigenvalue weighted by Crippen LogP contribution is -2.10. The monoisotopic (exact) mass is 700 g/mol. The van der Waals surface area contributed by atoms with Crippen LogP contribution in [0.25, 0.3) is 67.0 Å². The largest absolute Gasteiger partial charge is 0.323 e. The number of rotatable bonds is 7. The van der Waals surface area contributed by atoms with Gasteiger partial charge in [0.2, 0.25) is 0 Å². The van der Waals surface area contributed by atoms with Crippen LogP contribution in [0.5, 0.6) is 0 Å². The summed E-state index contributed by atoms with van der Waals surface area (Å²) in [6.07, 6.45) is 9.07. The summed E-state index contributed by atoms with van der Waals surface area (Å²) in [6.45, 7) is 13.6. The van der Waals surface area contributed by atoms with E-state index in [4.69, 9.17) is 0 Å². The number of nitrogens with zero attached hydrogens (tertiary/aromatic N) is 2. The normalized spacial score (nSPS) is 11.9. The Hall–Kier alpha value is -6.12. The summed E-state index contributed by atoms with van der Waals surface area (Å²) in [5, 5.41) is 0. The first-order valence-corrected chi connectivity index (χ1v) is 19.0. The quantitative estimate of drug-likeness (QED) is 0.157. The van der Waals surface area contributed by atoms with E-state index >= 15 is 0 Å². The molecule has 0 aliphatic heterocycles. The van der Waals surface area contributed by atoms with Crippen molar-refractivity contribution >= 4 is 0 Å². The SMILES string of the molecule is CC(C)(C)c1ccc(-n2cc(-c3ccccc3)c(-c3ccc(-c4ccc(-c5cn(-c6ccc(C(C)(C)C)cc6)cc5-c5ccccc5)cc4)cc3)c2)cc1. The highest BCUT2D eigenvalue weighted by Crippen LogP contribution is 2.38. The second-order valence-corrected chi connectivity index (χ2v) is 16.5. The number of hydrogen-bond donors (Lipinski definition) is 0. The van der Waals surface area contributed by atoms with Crippen LogP contribution in [0.15, 0.2) is 183 Å². The molecule has 0 saturated carbocycles. The molecule has 266 valence electrons. The van der Waals surface area contributed by atoms with Gasteiger partial charge in [0.05, 0.1) is 0 Å². The molecule has 54 heavy (non-hydrogen) atoms. The second kappa shape index (κ2) is 14.0. The molecule has 0 aliphatic rings. The van der Waals surface area contributed by atoms with E-state index in [1.165, 1.54) is 66.8 Å². The van der Waals surface area contributed by atoms with Crippen molar-refractivity contribution in [2.24, 2.45) is 0 Å². The topological polar surface area (TPSA) is 9.86 Å². The first kappa shape index (κ1) is 34.9. The molecule has 2 heteroatoms. The van der Waals surface area contributed by atoms with E-state index in [9.17, 15) is 0 Å². The molecule has 0 fully saturated rings. The molecule has 0 aliphatic carbocycles. The Balaban J connectivity index is 1.10. The minimum absolute atomic E-state index is 0.119. The highest BCUT2D eigenvalue weighted by atomic mass is 15.0. The lowest BCUT2D eigenvalue weighted by Gasteiger charge is -2.19. The molecule has 2 heterocycles. The summed E-state index contributed by atoms with van der Waals surface area (Å²) in [6, 6.07) is 57.4. The van der Waals surface area contributed by atoms with Crippen molar-refractivity contribution in [3.63, 3.8) is 0 Å². The average molecular weight is 701 g/mol. The van der Waals surface area contributed by atoms with Crippen LogP contribution in [-0.4, -0.2) is 9.13 Å². The van der Waals surface area contributed by atoms with Crippen LogP contribution in [0.4, 0.5) is 0 Å². The second-order valence-electron chi connectivity index (χ2n) is 16.5. The first-order valence-electron chi connectivity index (χ1n) is 19.0. The number of hydrogen-bond acceptors (Lipinski definition) is 0. The van der Waals surface area contributed by atoms with Crippen molar-refractivity contribution in [1.29, 1.82) is 0 Å². The van der Waals surface area contributed by atoms with Gasteiger partial charge in [-0.3, -0.25) is 0 Å². The molecule has 8 aromatic rings. The number of aromatic nitrogens is 2. The highest BCUT2D eigenvalue weighted by molar-refractivity contribution is 5.86. The molecule has 0 unspecified atom stereocenters. The Morgan fingerprint density at radius 2 is 0.537 bits per heavy atom. The average Bonchev–Trinajstić information content (AvgIpc) is 3.85. The van der Waals surface area contributed by atoms with Gasteiger partial charge < -0.3 is 9.13 Å². The zero-order chi connectivity index (χ0) is 37.5. The number of benzene rings is 6. The maximum absolute atomic E-state index is 2.27. The minimum atomic E-state index is 0.119. The van der Waals surface area contributed by atoms with E-state index in [1.807, 2.05) is 0 Å². The van der Waals surface area contributed by atoms with Crippen LogP contribution in [0.3, 0.4) is 0 Å². The maximum atomic E-state index is 2.27. The summed E-state index contributed by atoms with van der Waals surface area (Å²) in [5.74, 6) is 0.